The van der Waals surface area contributed by atoms with Gasteiger partial charge in [0.2, 0.25) is 0 Å². The van der Waals surface area contributed by atoms with Gasteiger partial charge in [0.1, 0.15) is 37.1 Å². The first-order chi connectivity index (χ1) is 13.6. The Bertz CT molecular complexity index is 974. The number of carbonyl (C=O) groups is 2. The first-order valence-corrected chi connectivity index (χ1v) is 9.89. The van der Waals surface area contributed by atoms with Crippen LogP contribution in [0.3, 0.4) is 0 Å². The van der Waals surface area contributed by atoms with Crippen molar-refractivity contribution in [3.05, 3.63) is 52.1 Å². The number of alkyl halides is 2. The molecule has 1 aromatic rings. The topological polar surface area (TPSA) is 72.8 Å². The first kappa shape index (κ1) is 22.0. The van der Waals surface area contributed by atoms with Crippen LogP contribution < -0.4 is 9.47 Å². The van der Waals surface area contributed by atoms with E-state index >= 15 is 0 Å². The van der Waals surface area contributed by atoms with Gasteiger partial charge in [-0.05, 0) is 12.0 Å². The molecule has 5 nitrogen and oxygen atoms in total. The summed E-state index contributed by atoms with van der Waals surface area (Å²) in [5.41, 5.74) is 0.824. The predicted octanol–water partition coefficient (Wildman–Crippen LogP) is 4.81. The van der Waals surface area contributed by atoms with Crippen LogP contribution in [0.15, 0.2) is 46.5 Å². The molecule has 0 radical (unpaired) electrons. The lowest BCUT2D eigenvalue weighted by molar-refractivity contribution is -0.127. The molecule has 1 N–H and O–H groups in total. The van der Waals surface area contributed by atoms with E-state index in [-0.39, 0.29) is 23.7 Å². The molecule has 0 saturated heterocycles. The highest BCUT2D eigenvalue weighted by Crippen LogP contribution is 2.62. The smallest absolute Gasteiger partial charge is 0.200 e. The van der Waals surface area contributed by atoms with Crippen LogP contribution in [0.1, 0.15) is 17.9 Å². The minimum absolute atomic E-state index is 0.0659. The highest BCUT2D eigenvalue weighted by Gasteiger charge is 2.69. The van der Waals surface area contributed by atoms with E-state index in [2.05, 4.69) is 6.58 Å². The van der Waals surface area contributed by atoms with E-state index in [1.165, 1.54) is 32.4 Å². The Balaban J connectivity index is 2.44. The Morgan fingerprint density at radius 1 is 1.10 bits per heavy atom. The van der Waals surface area contributed by atoms with Gasteiger partial charge in [0.25, 0.3) is 0 Å². The van der Waals surface area contributed by atoms with Gasteiger partial charge in [-0.25, -0.2) is 0 Å². The molecule has 3 unspecified atom stereocenters. The van der Waals surface area contributed by atoms with Crippen LogP contribution in [-0.2, 0) is 9.59 Å². The third-order valence-electron chi connectivity index (χ3n) is 5.26. The van der Waals surface area contributed by atoms with Crippen LogP contribution in [-0.4, -0.2) is 40.6 Å². The highest BCUT2D eigenvalue weighted by molar-refractivity contribution is 6.66. The fourth-order valence-corrected chi connectivity index (χ4v) is 5.30. The van der Waals surface area contributed by atoms with Crippen molar-refractivity contribution in [2.24, 2.45) is 0 Å². The van der Waals surface area contributed by atoms with Crippen molar-refractivity contribution in [1.82, 2.24) is 0 Å². The van der Waals surface area contributed by atoms with Crippen molar-refractivity contribution in [1.29, 1.82) is 0 Å². The maximum absolute atomic E-state index is 13.3. The Morgan fingerprint density at radius 3 is 2.10 bits per heavy atom. The average molecular weight is 478 g/mol. The number of methoxy groups -OCH3 is 2. The van der Waals surface area contributed by atoms with Gasteiger partial charge < -0.3 is 14.6 Å². The summed E-state index contributed by atoms with van der Waals surface area (Å²) in [5.74, 6) is -2.35. The van der Waals surface area contributed by atoms with E-state index in [4.69, 9.17) is 55.9 Å². The third kappa shape index (κ3) is 2.90. The molecule has 2 aliphatic carbocycles. The molecule has 9 heteroatoms. The lowest BCUT2D eigenvalue weighted by atomic mass is 9.62. The number of phenolic OH excluding ortho intramolecular Hbond substituents is 1. The normalized spacial score (nSPS) is 29.3. The zero-order valence-electron chi connectivity index (χ0n) is 15.4. The van der Waals surface area contributed by atoms with Crippen molar-refractivity contribution in [3.8, 4) is 17.2 Å². The molecular weight excluding hydrogens is 462 g/mol. The van der Waals surface area contributed by atoms with Crippen molar-refractivity contribution in [2.45, 2.75) is 22.1 Å². The molecule has 0 spiro atoms. The molecule has 2 aliphatic rings. The lowest BCUT2D eigenvalue weighted by Gasteiger charge is -2.50. The van der Waals surface area contributed by atoms with Crippen LogP contribution in [0.2, 0.25) is 0 Å². The zero-order valence-corrected chi connectivity index (χ0v) is 18.4. The number of benzene rings is 1. The molecule has 0 fully saturated rings. The number of allylic oxidation sites excluding steroid dienone is 5. The maximum Gasteiger partial charge on any atom is 0.200 e. The first-order valence-electron chi connectivity index (χ1n) is 8.38. The van der Waals surface area contributed by atoms with E-state index in [1.54, 1.807) is 6.08 Å². The van der Waals surface area contributed by atoms with Crippen LogP contribution in [0.5, 0.6) is 17.2 Å². The van der Waals surface area contributed by atoms with Crippen molar-refractivity contribution in [3.63, 3.8) is 0 Å². The molecule has 0 heterocycles. The second-order valence-electron chi connectivity index (χ2n) is 6.61. The molecule has 0 aromatic heterocycles. The summed E-state index contributed by atoms with van der Waals surface area (Å²) in [7, 11) is 2.76. The maximum atomic E-state index is 13.3. The fraction of sp³-hybridized carbons (Fsp3) is 0.300. The summed E-state index contributed by atoms with van der Waals surface area (Å²) in [5, 5.41) is 9.05. The molecule has 0 bridgehead atoms. The van der Waals surface area contributed by atoms with Crippen LogP contribution in [0, 0.1) is 0 Å². The standard InChI is InChI=1S/C20H16Cl4O5/c1-4-9-5-6-19(23)17(26)15(21)16(22)18(27)20(19,24)14(9)13-11(28-2)7-10(25)8-12(13)29-3/h4-5,7-8,14,25H,1,6H2,2-3H3. The van der Waals surface area contributed by atoms with E-state index < -0.39 is 37.3 Å². The second kappa shape index (κ2) is 7.55. The molecule has 0 aliphatic heterocycles. The minimum Gasteiger partial charge on any atom is -0.508 e. The van der Waals surface area contributed by atoms with Crippen LogP contribution >= 0.6 is 46.4 Å². The van der Waals surface area contributed by atoms with E-state index in [1.807, 2.05) is 0 Å². The molecule has 3 atom stereocenters. The number of ketones is 2. The van der Waals surface area contributed by atoms with Crippen molar-refractivity contribution < 1.29 is 24.2 Å². The molecule has 154 valence electrons. The quantitative estimate of drug-likeness (QED) is 0.630. The van der Waals surface area contributed by atoms with Crippen molar-refractivity contribution in [2.75, 3.05) is 14.2 Å². The van der Waals surface area contributed by atoms with Gasteiger partial charge in [0, 0.05) is 23.6 Å². The molecule has 3 rings (SSSR count). The van der Waals surface area contributed by atoms with Gasteiger partial charge in [0.05, 0.1) is 14.2 Å². The number of fused-ring (bicyclic) bond motifs is 1. The predicted molar refractivity (Wildman–Crippen MR) is 113 cm³/mol. The van der Waals surface area contributed by atoms with Gasteiger partial charge in [-0.2, -0.15) is 0 Å². The number of hydrogen-bond acceptors (Lipinski definition) is 5. The monoisotopic (exact) mass is 476 g/mol. The highest BCUT2D eigenvalue weighted by atomic mass is 35.5. The Hall–Kier alpha value is -1.66. The number of rotatable bonds is 4. The van der Waals surface area contributed by atoms with E-state index in [9.17, 15) is 14.7 Å². The Morgan fingerprint density at radius 2 is 1.62 bits per heavy atom. The summed E-state index contributed by atoms with van der Waals surface area (Å²) in [6, 6.07) is 2.67. The molecule has 0 saturated carbocycles. The number of ether oxygens (including phenoxy) is 2. The van der Waals surface area contributed by atoms with Crippen LogP contribution in [0.4, 0.5) is 0 Å². The van der Waals surface area contributed by atoms with Gasteiger partial charge in [-0.3, -0.25) is 9.59 Å². The van der Waals surface area contributed by atoms with E-state index in [0.29, 0.717) is 11.1 Å². The summed E-state index contributed by atoms with van der Waals surface area (Å²) < 4.78 is 10.8. The summed E-state index contributed by atoms with van der Waals surface area (Å²) >= 11 is 25.8. The lowest BCUT2D eigenvalue weighted by Crippen LogP contribution is -2.64. The molecular formula is C20H16Cl4O5. The van der Waals surface area contributed by atoms with Gasteiger partial charge >= 0.3 is 0 Å². The summed E-state index contributed by atoms with van der Waals surface area (Å²) in [4.78, 5) is 22.4. The van der Waals surface area contributed by atoms with Crippen molar-refractivity contribution >= 4 is 58.0 Å². The Labute approximate surface area is 187 Å². The summed E-state index contributed by atoms with van der Waals surface area (Å²) in [6.45, 7) is 3.79. The molecule has 1 aromatic carbocycles. The summed E-state index contributed by atoms with van der Waals surface area (Å²) in [6.07, 6.45) is 3.10. The SMILES string of the molecule is C=CC1=CCC2(Cl)C(=O)C(Cl)=C(Cl)C(=O)C2(Cl)C1c1c(OC)cc(O)cc1OC. The fourth-order valence-electron chi connectivity index (χ4n) is 3.86. The Kier molecular flexibility index (Phi) is 5.73. The molecule has 0 amide bonds. The van der Waals surface area contributed by atoms with Crippen LogP contribution in [0.25, 0.3) is 0 Å². The second-order valence-corrected chi connectivity index (χ2v) is 8.61. The number of halogens is 4. The molecule has 29 heavy (non-hydrogen) atoms. The number of carbonyl (C=O) groups excluding carboxylic acids is 2. The largest absolute Gasteiger partial charge is 0.508 e. The number of Topliss-reactive ketones (excluding diaryl/α,β-unsaturated/α-hetero) is 2. The third-order valence-corrected chi connectivity index (χ3v) is 7.51. The average Bonchev–Trinajstić information content (AvgIpc) is 2.71. The minimum atomic E-state index is -2.04. The number of phenols is 1. The van der Waals surface area contributed by atoms with Gasteiger partial charge in [-0.15, -0.1) is 23.2 Å². The number of hydrogen-bond donors (Lipinski definition) is 1. The number of aromatic hydroxyl groups is 1. The van der Waals surface area contributed by atoms with Gasteiger partial charge in [0.15, 0.2) is 11.6 Å². The van der Waals surface area contributed by atoms with Gasteiger partial charge in [-0.1, -0.05) is 41.9 Å². The van der Waals surface area contributed by atoms with E-state index in [0.717, 1.165) is 0 Å². The zero-order chi connectivity index (χ0) is 21.7.